The summed E-state index contributed by atoms with van der Waals surface area (Å²) >= 11 is 0. The lowest BCUT2D eigenvalue weighted by atomic mass is 9.99. The predicted octanol–water partition coefficient (Wildman–Crippen LogP) is 2.92. The standard InChI is InChI=1S/C17H28N2O/c1-13(2)15-5-7-16(8-6-15)17(18)12-19-9-4-10-20-14(3)11-19/h5-8,13-14,17H,4,9-12,18H2,1-3H3. The molecule has 2 rings (SSSR count). The number of rotatable bonds is 4. The van der Waals surface area contributed by atoms with E-state index in [1.807, 2.05) is 0 Å². The SMILES string of the molecule is CC1CN(CC(N)c2ccc(C(C)C)cc2)CCCO1. The lowest BCUT2D eigenvalue weighted by Crippen LogP contribution is -2.36. The minimum atomic E-state index is 0.0847. The fourth-order valence-corrected chi connectivity index (χ4v) is 2.76. The van der Waals surface area contributed by atoms with Gasteiger partial charge in [0.05, 0.1) is 6.10 Å². The third-order valence-corrected chi connectivity index (χ3v) is 4.02. The van der Waals surface area contributed by atoms with Crippen LogP contribution in [-0.2, 0) is 4.74 Å². The van der Waals surface area contributed by atoms with E-state index in [0.29, 0.717) is 12.0 Å². The van der Waals surface area contributed by atoms with Crippen molar-refractivity contribution in [3.05, 3.63) is 35.4 Å². The molecule has 1 aliphatic heterocycles. The van der Waals surface area contributed by atoms with E-state index < -0.39 is 0 Å². The van der Waals surface area contributed by atoms with Crippen LogP contribution in [0.1, 0.15) is 50.3 Å². The zero-order chi connectivity index (χ0) is 14.5. The first-order chi connectivity index (χ1) is 9.56. The molecular formula is C17H28N2O. The quantitative estimate of drug-likeness (QED) is 0.919. The molecule has 1 saturated heterocycles. The summed E-state index contributed by atoms with van der Waals surface area (Å²) in [6.07, 6.45) is 1.41. The number of nitrogens with zero attached hydrogens (tertiary/aromatic N) is 1. The molecule has 3 heteroatoms. The molecule has 1 fully saturated rings. The van der Waals surface area contributed by atoms with Crippen LogP contribution in [0.25, 0.3) is 0 Å². The Morgan fingerprint density at radius 2 is 1.90 bits per heavy atom. The minimum Gasteiger partial charge on any atom is -0.377 e. The Balaban J connectivity index is 1.94. The van der Waals surface area contributed by atoms with E-state index in [9.17, 15) is 0 Å². The van der Waals surface area contributed by atoms with Crippen LogP contribution in [0.5, 0.6) is 0 Å². The first kappa shape index (κ1) is 15.5. The number of hydrogen-bond acceptors (Lipinski definition) is 3. The van der Waals surface area contributed by atoms with Gasteiger partial charge < -0.3 is 10.5 Å². The molecule has 0 amide bonds. The van der Waals surface area contributed by atoms with Crippen molar-refractivity contribution in [3.8, 4) is 0 Å². The molecule has 1 aliphatic rings. The topological polar surface area (TPSA) is 38.5 Å². The maximum Gasteiger partial charge on any atom is 0.0673 e. The van der Waals surface area contributed by atoms with Crippen LogP contribution >= 0.6 is 0 Å². The monoisotopic (exact) mass is 276 g/mol. The zero-order valence-electron chi connectivity index (χ0n) is 13.0. The molecule has 1 aromatic rings. The summed E-state index contributed by atoms with van der Waals surface area (Å²) in [5, 5.41) is 0. The molecule has 20 heavy (non-hydrogen) atoms. The van der Waals surface area contributed by atoms with Gasteiger partial charge in [0.2, 0.25) is 0 Å². The third kappa shape index (κ3) is 4.30. The smallest absolute Gasteiger partial charge is 0.0673 e. The number of hydrogen-bond donors (Lipinski definition) is 1. The highest BCUT2D eigenvalue weighted by Crippen LogP contribution is 2.19. The molecular weight excluding hydrogens is 248 g/mol. The Labute approximate surface area is 123 Å². The maximum atomic E-state index is 6.37. The van der Waals surface area contributed by atoms with Gasteiger partial charge in [-0.1, -0.05) is 38.1 Å². The first-order valence-corrected chi connectivity index (χ1v) is 7.75. The van der Waals surface area contributed by atoms with Gasteiger partial charge in [0.25, 0.3) is 0 Å². The van der Waals surface area contributed by atoms with Gasteiger partial charge in [0, 0.05) is 32.3 Å². The van der Waals surface area contributed by atoms with Gasteiger partial charge in [-0.05, 0) is 30.4 Å². The summed E-state index contributed by atoms with van der Waals surface area (Å²) in [7, 11) is 0. The van der Waals surface area contributed by atoms with Gasteiger partial charge in [-0.25, -0.2) is 0 Å². The highest BCUT2D eigenvalue weighted by Gasteiger charge is 2.18. The molecule has 112 valence electrons. The van der Waals surface area contributed by atoms with Crippen LogP contribution in [0.3, 0.4) is 0 Å². The highest BCUT2D eigenvalue weighted by atomic mass is 16.5. The second kappa shape index (κ2) is 7.21. The number of ether oxygens (including phenoxy) is 1. The lowest BCUT2D eigenvalue weighted by molar-refractivity contribution is 0.0670. The molecule has 2 N–H and O–H groups in total. The van der Waals surface area contributed by atoms with Crippen molar-refractivity contribution in [2.45, 2.75) is 45.3 Å². The Morgan fingerprint density at radius 3 is 2.55 bits per heavy atom. The predicted molar refractivity (Wildman–Crippen MR) is 83.9 cm³/mol. The van der Waals surface area contributed by atoms with Crippen molar-refractivity contribution in [2.24, 2.45) is 5.73 Å². The normalized spacial score (nSPS) is 22.8. The Bertz CT molecular complexity index is 402. The zero-order valence-corrected chi connectivity index (χ0v) is 13.0. The molecule has 3 nitrogen and oxygen atoms in total. The van der Waals surface area contributed by atoms with E-state index in [4.69, 9.17) is 10.5 Å². The van der Waals surface area contributed by atoms with Gasteiger partial charge in [0.15, 0.2) is 0 Å². The minimum absolute atomic E-state index is 0.0847. The number of nitrogens with two attached hydrogens (primary N) is 1. The molecule has 0 saturated carbocycles. The van der Waals surface area contributed by atoms with E-state index in [1.165, 1.54) is 11.1 Å². The highest BCUT2D eigenvalue weighted by molar-refractivity contribution is 5.26. The largest absolute Gasteiger partial charge is 0.377 e. The van der Waals surface area contributed by atoms with Gasteiger partial charge >= 0.3 is 0 Å². The van der Waals surface area contributed by atoms with E-state index in [1.54, 1.807) is 0 Å². The van der Waals surface area contributed by atoms with E-state index >= 15 is 0 Å². The number of benzene rings is 1. The van der Waals surface area contributed by atoms with Crippen molar-refractivity contribution in [1.82, 2.24) is 4.90 Å². The van der Waals surface area contributed by atoms with Crippen LogP contribution in [0, 0.1) is 0 Å². The first-order valence-electron chi connectivity index (χ1n) is 7.75. The van der Waals surface area contributed by atoms with Crippen LogP contribution in [0.15, 0.2) is 24.3 Å². The van der Waals surface area contributed by atoms with Crippen LogP contribution in [0.2, 0.25) is 0 Å². The Hall–Kier alpha value is -0.900. The second-order valence-electron chi connectivity index (χ2n) is 6.22. The average molecular weight is 276 g/mol. The summed E-state index contributed by atoms with van der Waals surface area (Å²) in [6, 6.07) is 8.85. The summed E-state index contributed by atoms with van der Waals surface area (Å²) in [5.74, 6) is 0.573. The third-order valence-electron chi connectivity index (χ3n) is 4.02. The Morgan fingerprint density at radius 1 is 1.25 bits per heavy atom. The molecule has 0 spiro atoms. The summed E-state index contributed by atoms with van der Waals surface area (Å²) in [6.45, 7) is 10.4. The van der Waals surface area contributed by atoms with Gasteiger partial charge in [-0.15, -0.1) is 0 Å². The molecule has 0 aromatic heterocycles. The van der Waals surface area contributed by atoms with Crippen LogP contribution in [0.4, 0.5) is 0 Å². The molecule has 1 heterocycles. The van der Waals surface area contributed by atoms with Gasteiger partial charge in [0.1, 0.15) is 0 Å². The molecule has 2 atom stereocenters. The average Bonchev–Trinajstić information content (AvgIpc) is 2.63. The summed E-state index contributed by atoms with van der Waals surface area (Å²) in [4.78, 5) is 2.43. The molecule has 2 unspecified atom stereocenters. The fraction of sp³-hybridized carbons (Fsp3) is 0.647. The van der Waals surface area contributed by atoms with Crippen LogP contribution < -0.4 is 5.73 Å². The van der Waals surface area contributed by atoms with Crippen LogP contribution in [-0.4, -0.2) is 37.2 Å². The Kier molecular flexibility index (Phi) is 5.58. The van der Waals surface area contributed by atoms with Crippen molar-refractivity contribution in [3.63, 3.8) is 0 Å². The second-order valence-corrected chi connectivity index (χ2v) is 6.22. The fourth-order valence-electron chi connectivity index (χ4n) is 2.76. The molecule has 1 aromatic carbocycles. The van der Waals surface area contributed by atoms with Crippen molar-refractivity contribution < 1.29 is 4.74 Å². The van der Waals surface area contributed by atoms with Crippen molar-refractivity contribution in [1.29, 1.82) is 0 Å². The summed E-state index contributed by atoms with van der Waals surface area (Å²) in [5.41, 5.74) is 8.97. The molecule has 0 bridgehead atoms. The van der Waals surface area contributed by atoms with E-state index in [-0.39, 0.29) is 6.04 Å². The van der Waals surface area contributed by atoms with E-state index in [0.717, 1.165) is 32.7 Å². The maximum absolute atomic E-state index is 6.37. The summed E-state index contributed by atoms with van der Waals surface area (Å²) < 4.78 is 5.68. The van der Waals surface area contributed by atoms with Crippen molar-refractivity contribution >= 4 is 0 Å². The lowest BCUT2D eigenvalue weighted by Gasteiger charge is -2.25. The molecule has 0 aliphatic carbocycles. The van der Waals surface area contributed by atoms with Gasteiger partial charge in [-0.3, -0.25) is 4.90 Å². The van der Waals surface area contributed by atoms with Gasteiger partial charge in [-0.2, -0.15) is 0 Å². The van der Waals surface area contributed by atoms with E-state index in [2.05, 4.69) is 49.9 Å². The van der Waals surface area contributed by atoms with Crippen molar-refractivity contribution in [2.75, 3.05) is 26.2 Å². The molecule has 0 radical (unpaired) electrons.